The first kappa shape index (κ1) is 10.6. The summed E-state index contributed by atoms with van der Waals surface area (Å²) < 4.78 is 4.95. The molecule has 0 aliphatic heterocycles. The summed E-state index contributed by atoms with van der Waals surface area (Å²) >= 11 is 0. The van der Waals surface area contributed by atoms with Crippen molar-refractivity contribution < 1.29 is 9.32 Å². The number of rotatable bonds is 2. The number of aromatic nitrogens is 1. The van der Waals surface area contributed by atoms with Gasteiger partial charge in [0.2, 0.25) is 5.76 Å². The van der Waals surface area contributed by atoms with Crippen molar-refractivity contribution in [1.82, 2.24) is 5.16 Å². The minimum absolute atomic E-state index is 0.109. The Hall–Kier alpha value is -1.90. The van der Waals surface area contributed by atoms with E-state index < -0.39 is 0 Å². The fourth-order valence-electron chi connectivity index (χ4n) is 1.48. The van der Waals surface area contributed by atoms with Gasteiger partial charge in [-0.15, -0.1) is 0 Å². The third-order valence-corrected chi connectivity index (χ3v) is 2.66. The van der Waals surface area contributed by atoms with Crippen molar-refractivity contribution in [2.75, 3.05) is 0 Å². The Morgan fingerprint density at radius 3 is 2.50 bits per heavy atom. The molecule has 0 unspecified atom stereocenters. The minimum Gasteiger partial charge on any atom is -0.353 e. The molecule has 0 saturated heterocycles. The van der Waals surface area contributed by atoms with E-state index in [2.05, 4.69) is 12.1 Å². The van der Waals surface area contributed by atoms with E-state index in [1.165, 1.54) is 18.1 Å². The Morgan fingerprint density at radius 2 is 1.94 bits per heavy atom. The third-order valence-electron chi connectivity index (χ3n) is 2.66. The number of ketones is 1. The van der Waals surface area contributed by atoms with E-state index in [9.17, 15) is 4.79 Å². The highest BCUT2D eigenvalue weighted by molar-refractivity contribution is 5.92. The molecule has 82 valence electrons. The number of Topliss-reactive ketones (excluding diaryl/α,β-unsaturated/α-hetero) is 1. The molecule has 0 N–H and O–H groups in total. The molecule has 1 aromatic heterocycles. The molecule has 3 nitrogen and oxygen atoms in total. The molecule has 0 aliphatic carbocycles. The maximum Gasteiger partial charge on any atom is 0.202 e. The molecule has 2 rings (SSSR count). The van der Waals surface area contributed by atoms with Crippen molar-refractivity contribution in [3.05, 3.63) is 41.2 Å². The smallest absolute Gasteiger partial charge is 0.202 e. The normalized spacial score (nSPS) is 10.4. The Bertz CT molecular complexity index is 541. The van der Waals surface area contributed by atoms with Gasteiger partial charge in [-0.25, -0.2) is 0 Å². The van der Waals surface area contributed by atoms with Crippen LogP contribution in [0.15, 0.2) is 28.8 Å². The van der Waals surface area contributed by atoms with Crippen LogP contribution < -0.4 is 0 Å². The molecular formula is C13H13NO2. The average molecular weight is 215 g/mol. The van der Waals surface area contributed by atoms with E-state index in [1.807, 2.05) is 25.1 Å². The summed E-state index contributed by atoms with van der Waals surface area (Å²) in [6, 6.07) is 7.72. The molecule has 0 radical (unpaired) electrons. The summed E-state index contributed by atoms with van der Waals surface area (Å²) in [5.41, 5.74) is 4.11. The third kappa shape index (κ3) is 1.89. The number of benzene rings is 1. The zero-order valence-electron chi connectivity index (χ0n) is 9.57. The van der Waals surface area contributed by atoms with Gasteiger partial charge in [-0.3, -0.25) is 4.79 Å². The van der Waals surface area contributed by atoms with Crippen LogP contribution in [-0.2, 0) is 0 Å². The number of carbonyl (C=O) groups is 1. The van der Waals surface area contributed by atoms with Gasteiger partial charge in [0.1, 0.15) is 5.69 Å². The summed E-state index contributed by atoms with van der Waals surface area (Å²) in [7, 11) is 0. The SMILES string of the molecule is CC(=O)c1cc(-c2ccc(C)c(C)c2)no1. The Labute approximate surface area is 94.1 Å². The molecule has 0 atom stereocenters. The molecule has 1 aromatic carbocycles. The van der Waals surface area contributed by atoms with Crippen molar-refractivity contribution in [3.8, 4) is 11.3 Å². The molecule has 2 aromatic rings. The van der Waals surface area contributed by atoms with Crippen LogP contribution >= 0.6 is 0 Å². The first-order chi connectivity index (χ1) is 7.58. The minimum atomic E-state index is -0.109. The highest BCUT2D eigenvalue weighted by atomic mass is 16.5. The second-order valence-electron chi connectivity index (χ2n) is 3.93. The van der Waals surface area contributed by atoms with Crippen molar-refractivity contribution in [1.29, 1.82) is 0 Å². The van der Waals surface area contributed by atoms with Crippen molar-refractivity contribution in [2.24, 2.45) is 0 Å². The quantitative estimate of drug-likeness (QED) is 0.723. The molecule has 0 amide bonds. The van der Waals surface area contributed by atoms with E-state index in [0.717, 1.165) is 5.56 Å². The Morgan fingerprint density at radius 1 is 1.19 bits per heavy atom. The molecule has 0 bridgehead atoms. The van der Waals surface area contributed by atoms with Crippen molar-refractivity contribution >= 4 is 5.78 Å². The lowest BCUT2D eigenvalue weighted by atomic mass is 10.0. The molecule has 1 heterocycles. The van der Waals surface area contributed by atoms with Gasteiger partial charge in [0.05, 0.1) is 0 Å². The van der Waals surface area contributed by atoms with Gasteiger partial charge in [-0.2, -0.15) is 0 Å². The van der Waals surface area contributed by atoms with E-state index >= 15 is 0 Å². The summed E-state index contributed by atoms with van der Waals surface area (Å²) in [5, 5.41) is 3.88. The first-order valence-corrected chi connectivity index (χ1v) is 5.13. The van der Waals surface area contributed by atoms with Crippen LogP contribution in [0.1, 0.15) is 28.6 Å². The number of carbonyl (C=O) groups excluding carboxylic acids is 1. The summed E-state index contributed by atoms with van der Waals surface area (Å²) in [6.45, 7) is 5.57. The number of hydrogen-bond donors (Lipinski definition) is 0. The second kappa shape index (κ2) is 3.93. The lowest BCUT2D eigenvalue weighted by Gasteiger charge is -2.01. The predicted octanol–water partition coefficient (Wildman–Crippen LogP) is 3.16. The van der Waals surface area contributed by atoms with Gasteiger partial charge >= 0.3 is 0 Å². The Kier molecular flexibility index (Phi) is 2.60. The van der Waals surface area contributed by atoms with Crippen molar-refractivity contribution in [3.63, 3.8) is 0 Å². The largest absolute Gasteiger partial charge is 0.353 e. The van der Waals surface area contributed by atoms with Crippen LogP contribution in [0.5, 0.6) is 0 Å². The lowest BCUT2D eigenvalue weighted by molar-refractivity contribution is 0.0978. The summed E-state index contributed by atoms with van der Waals surface area (Å²) in [4.78, 5) is 11.1. The molecule has 3 heteroatoms. The second-order valence-corrected chi connectivity index (χ2v) is 3.93. The molecule has 0 spiro atoms. The van der Waals surface area contributed by atoms with Gasteiger partial charge < -0.3 is 4.52 Å². The fourth-order valence-corrected chi connectivity index (χ4v) is 1.48. The van der Waals surface area contributed by atoms with Crippen LogP contribution in [0.3, 0.4) is 0 Å². The average Bonchev–Trinajstić information content (AvgIpc) is 2.71. The molecular weight excluding hydrogens is 202 g/mol. The standard InChI is InChI=1S/C13H13NO2/c1-8-4-5-11(6-9(8)2)12-7-13(10(3)15)16-14-12/h4-7H,1-3H3. The highest BCUT2D eigenvalue weighted by Crippen LogP contribution is 2.21. The maximum atomic E-state index is 11.1. The van der Waals surface area contributed by atoms with Gasteiger partial charge in [0.25, 0.3) is 0 Å². The van der Waals surface area contributed by atoms with Crippen LogP contribution in [0.4, 0.5) is 0 Å². The lowest BCUT2D eigenvalue weighted by Crippen LogP contribution is -1.86. The summed E-state index contributed by atoms with van der Waals surface area (Å²) in [5.74, 6) is 0.191. The monoisotopic (exact) mass is 215 g/mol. The fraction of sp³-hybridized carbons (Fsp3) is 0.231. The van der Waals surface area contributed by atoms with E-state index in [-0.39, 0.29) is 5.78 Å². The molecule has 0 fully saturated rings. The van der Waals surface area contributed by atoms with Crippen LogP contribution in [0, 0.1) is 13.8 Å². The first-order valence-electron chi connectivity index (χ1n) is 5.13. The van der Waals surface area contributed by atoms with E-state index in [0.29, 0.717) is 11.5 Å². The molecule has 0 saturated carbocycles. The van der Waals surface area contributed by atoms with Crippen LogP contribution in [-0.4, -0.2) is 10.9 Å². The number of nitrogens with zero attached hydrogens (tertiary/aromatic N) is 1. The summed E-state index contributed by atoms with van der Waals surface area (Å²) in [6.07, 6.45) is 0. The maximum absolute atomic E-state index is 11.1. The van der Waals surface area contributed by atoms with Crippen molar-refractivity contribution in [2.45, 2.75) is 20.8 Å². The highest BCUT2D eigenvalue weighted by Gasteiger charge is 2.10. The van der Waals surface area contributed by atoms with Gasteiger partial charge in [-0.05, 0) is 31.0 Å². The van der Waals surface area contributed by atoms with Gasteiger partial charge in [0, 0.05) is 18.6 Å². The van der Waals surface area contributed by atoms with Crippen LogP contribution in [0.25, 0.3) is 11.3 Å². The predicted molar refractivity (Wildman–Crippen MR) is 61.4 cm³/mol. The van der Waals surface area contributed by atoms with Gasteiger partial charge in [-0.1, -0.05) is 17.3 Å². The number of aryl methyl sites for hydroxylation is 2. The van der Waals surface area contributed by atoms with Gasteiger partial charge in [0.15, 0.2) is 5.78 Å². The zero-order valence-corrected chi connectivity index (χ0v) is 9.57. The topological polar surface area (TPSA) is 43.1 Å². The number of hydrogen-bond acceptors (Lipinski definition) is 3. The van der Waals surface area contributed by atoms with Crippen LogP contribution in [0.2, 0.25) is 0 Å². The van der Waals surface area contributed by atoms with E-state index in [4.69, 9.17) is 4.52 Å². The Balaban J connectivity index is 2.42. The zero-order chi connectivity index (χ0) is 11.7. The van der Waals surface area contributed by atoms with E-state index in [1.54, 1.807) is 6.07 Å². The molecule has 0 aliphatic rings. The molecule has 16 heavy (non-hydrogen) atoms.